The fourth-order valence-electron chi connectivity index (χ4n) is 11.6. The summed E-state index contributed by atoms with van der Waals surface area (Å²) in [6, 6.07) is 64.8. The molecule has 63 heavy (non-hydrogen) atoms. The number of nitrogens with zero attached hydrogens (tertiary/aromatic N) is 1. The third-order valence-corrected chi connectivity index (χ3v) is 14.7. The van der Waals surface area contributed by atoms with Crippen molar-refractivity contribution in [2.45, 2.75) is 11.5 Å². The summed E-state index contributed by atoms with van der Waals surface area (Å²) in [4.78, 5) is 2.70. The van der Waals surface area contributed by atoms with E-state index in [1.807, 2.05) is 6.07 Å². The zero-order valence-electron chi connectivity index (χ0n) is 37.2. The molecule has 1 aromatic heterocycles. The molecule has 2 aliphatic carbocycles. The van der Waals surface area contributed by atoms with Crippen molar-refractivity contribution >= 4 is 116 Å². The Labute approximate surface area is 377 Å². The SMILES string of the molecule is BC1=C(B)C(N(c2ccc3c(c2)C(c2ccccc2)(c2ccccc2)c2ccccc2-3)c2c(B)c(B)c(-c3ccc4c(c3)oc3ccccc34)c(B)c2B)C(B)=C1c1ccccc1. The Hall–Kier alpha value is -6.71. The maximum atomic E-state index is 6.44. The lowest BCUT2D eigenvalue weighted by Crippen LogP contribution is -2.50. The monoisotopic (exact) mass is 799 g/mol. The number of allylic oxidation sites excluding steroid dienone is 2. The maximum Gasteiger partial charge on any atom is 0.141 e. The standard InChI is InChI=1S/C54H44B7NO/c55-45-43(30-14-4-1-5-15-30)48(58)52(49(45)59)62(53-50(60)46(56)44(47(57)51(53)61)31-24-26-38-37-21-11-13-23-41(37)63-42(38)28-31)34-25-27-36-35-20-10-12-22-39(35)54(40(36)29-34,32-16-6-2-7-17-32)33-18-8-3-9-19-33/h1-29,52H,55-61H2. The van der Waals surface area contributed by atoms with Gasteiger partial charge in [-0.15, -0.1) is 0 Å². The average Bonchev–Trinajstić information content (AvgIpc) is 3.92. The van der Waals surface area contributed by atoms with Gasteiger partial charge in [-0.1, -0.05) is 184 Å². The molecule has 2 nitrogen and oxygen atoms in total. The Morgan fingerprint density at radius 1 is 0.444 bits per heavy atom. The number of rotatable bonds is 7. The van der Waals surface area contributed by atoms with E-state index < -0.39 is 5.41 Å². The summed E-state index contributed by atoms with van der Waals surface area (Å²) in [6.07, 6.45) is 0. The Bertz CT molecular complexity index is 3310. The second kappa shape index (κ2) is 15.0. The van der Waals surface area contributed by atoms with Crippen molar-refractivity contribution in [1.82, 2.24) is 0 Å². The lowest BCUT2D eigenvalue weighted by molar-refractivity contribution is 0.669. The molecule has 2 aliphatic rings. The molecular weight excluding hydrogens is 754 g/mol. The van der Waals surface area contributed by atoms with Crippen LogP contribution in [0.1, 0.15) is 27.8 Å². The molecule has 0 amide bonds. The summed E-state index contributed by atoms with van der Waals surface area (Å²) in [5.41, 5.74) is 25.8. The predicted molar refractivity (Wildman–Crippen MR) is 288 cm³/mol. The van der Waals surface area contributed by atoms with Gasteiger partial charge in [-0.25, -0.2) is 0 Å². The molecule has 0 saturated heterocycles. The van der Waals surface area contributed by atoms with Crippen LogP contribution in [0.4, 0.5) is 11.4 Å². The van der Waals surface area contributed by atoms with Gasteiger partial charge in [0.25, 0.3) is 0 Å². The average molecular weight is 799 g/mol. The van der Waals surface area contributed by atoms with Crippen molar-refractivity contribution in [1.29, 1.82) is 0 Å². The minimum absolute atomic E-state index is 0.00108. The topological polar surface area (TPSA) is 16.4 Å². The second-order valence-electron chi connectivity index (χ2n) is 17.8. The summed E-state index contributed by atoms with van der Waals surface area (Å²) in [5, 5.41) is 2.30. The first-order valence-electron chi connectivity index (χ1n) is 22.3. The summed E-state index contributed by atoms with van der Waals surface area (Å²) >= 11 is 0. The summed E-state index contributed by atoms with van der Waals surface area (Å²) in [5.74, 6) is 0. The van der Waals surface area contributed by atoms with Crippen LogP contribution in [0, 0.1) is 0 Å². The number of fused-ring (bicyclic) bond motifs is 6. The van der Waals surface area contributed by atoms with Gasteiger partial charge in [0, 0.05) is 22.1 Å². The molecule has 9 aromatic rings. The zero-order valence-corrected chi connectivity index (χ0v) is 37.2. The molecule has 1 atom stereocenters. The van der Waals surface area contributed by atoms with Gasteiger partial charge in [-0.05, 0) is 86.0 Å². The van der Waals surface area contributed by atoms with E-state index in [0.29, 0.717) is 0 Å². The van der Waals surface area contributed by atoms with Crippen molar-refractivity contribution in [3.05, 3.63) is 220 Å². The highest BCUT2D eigenvalue weighted by atomic mass is 16.3. The molecule has 0 bridgehead atoms. The summed E-state index contributed by atoms with van der Waals surface area (Å²) in [6.45, 7) is 0. The molecule has 0 fully saturated rings. The predicted octanol–water partition coefficient (Wildman–Crippen LogP) is 3.69. The van der Waals surface area contributed by atoms with Crippen LogP contribution in [0.3, 0.4) is 0 Å². The van der Waals surface area contributed by atoms with E-state index in [1.165, 1.54) is 105 Å². The van der Waals surface area contributed by atoms with Gasteiger partial charge in [0.05, 0.1) is 11.5 Å². The van der Waals surface area contributed by atoms with Gasteiger partial charge < -0.3 is 9.32 Å². The highest BCUT2D eigenvalue weighted by Crippen LogP contribution is 2.57. The molecule has 1 heterocycles. The number of hydrogen-bond acceptors (Lipinski definition) is 2. The molecule has 0 N–H and O–H groups in total. The van der Waals surface area contributed by atoms with Crippen LogP contribution in [0.15, 0.2) is 197 Å². The molecule has 0 radical (unpaired) electrons. The third-order valence-electron chi connectivity index (χ3n) is 14.7. The molecule has 1 unspecified atom stereocenters. The van der Waals surface area contributed by atoms with Gasteiger partial charge in [0.2, 0.25) is 0 Å². The van der Waals surface area contributed by atoms with E-state index in [0.717, 1.165) is 21.9 Å². The van der Waals surface area contributed by atoms with E-state index in [2.05, 4.69) is 230 Å². The first-order valence-corrected chi connectivity index (χ1v) is 22.3. The minimum atomic E-state index is -0.512. The third kappa shape index (κ3) is 5.75. The van der Waals surface area contributed by atoms with Crippen LogP contribution < -0.4 is 26.8 Å². The maximum absolute atomic E-state index is 6.44. The van der Waals surface area contributed by atoms with Crippen molar-refractivity contribution in [3.63, 3.8) is 0 Å². The smallest absolute Gasteiger partial charge is 0.141 e. The lowest BCUT2D eigenvalue weighted by atomic mass is 9.64. The minimum Gasteiger partial charge on any atom is -0.456 e. The van der Waals surface area contributed by atoms with E-state index in [4.69, 9.17) is 4.42 Å². The Balaban J connectivity index is 1.18. The van der Waals surface area contributed by atoms with Crippen molar-refractivity contribution in [2.75, 3.05) is 4.90 Å². The van der Waals surface area contributed by atoms with E-state index >= 15 is 0 Å². The summed E-state index contributed by atoms with van der Waals surface area (Å²) < 4.78 is 6.44. The second-order valence-corrected chi connectivity index (χ2v) is 17.8. The normalized spacial score (nSPS) is 15.3. The zero-order chi connectivity index (χ0) is 43.1. The lowest BCUT2D eigenvalue weighted by Gasteiger charge is -2.40. The fourth-order valence-corrected chi connectivity index (χ4v) is 11.6. The van der Waals surface area contributed by atoms with Gasteiger partial charge in [0.15, 0.2) is 0 Å². The fraction of sp³-hybridized carbons (Fsp3) is 0.0370. The number of furan rings is 1. The number of benzene rings is 8. The summed E-state index contributed by atoms with van der Waals surface area (Å²) in [7, 11) is 16.4. The molecular formula is C54H44B7NO. The largest absolute Gasteiger partial charge is 0.456 e. The van der Waals surface area contributed by atoms with Crippen molar-refractivity contribution < 1.29 is 4.42 Å². The van der Waals surface area contributed by atoms with E-state index in [9.17, 15) is 0 Å². The van der Waals surface area contributed by atoms with Crippen LogP contribution in [0.25, 0.3) is 49.8 Å². The quantitative estimate of drug-likeness (QED) is 0.229. The first-order chi connectivity index (χ1) is 30.7. The number of hydrogen-bond donors (Lipinski definition) is 0. The van der Waals surface area contributed by atoms with E-state index in [1.54, 1.807) is 0 Å². The molecule has 0 aliphatic heterocycles. The Morgan fingerprint density at radius 3 is 1.70 bits per heavy atom. The van der Waals surface area contributed by atoms with Crippen molar-refractivity contribution in [3.8, 4) is 22.3 Å². The number of anilines is 2. The first kappa shape index (κ1) is 39.2. The Kier molecular flexibility index (Phi) is 9.32. The van der Waals surface area contributed by atoms with Crippen LogP contribution in [-0.4, -0.2) is 61.0 Å². The van der Waals surface area contributed by atoms with Gasteiger partial charge in [-0.3, -0.25) is 0 Å². The molecule has 0 saturated carbocycles. The molecule has 0 spiro atoms. The van der Waals surface area contributed by atoms with Gasteiger partial charge in [0.1, 0.15) is 66.1 Å². The van der Waals surface area contributed by atoms with Gasteiger partial charge in [-0.2, -0.15) is 0 Å². The van der Waals surface area contributed by atoms with Crippen LogP contribution in [0.2, 0.25) is 0 Å². The molecule has 9 heteroatoms. The molecule has 292 valence electrons. The highest BCUT2D eigenvalue weighted by Gasteiger charge is 2.47. The van der Waals surface area contributed by atoms with E-state index in [-0.39, 0.29) is 6.04 Å². The highest BCUT2D eigenvalue weighted by molar-refractivity contribution is 6.63. The van der Waals surface area contributed by atoms with Gasteiger partial charge >= 0.3 is 0 Å². The molecule has 8 aromatic carbocycles. The van der Waals surface area contributed by atoms with Crippen molar-refractivity contribution in [2.24, 2.45) is 0 Å². The van der Waals surface area contributed by atoms with Crippen LogP contribution in [-0.2, 0) is 5.41 Å². The molecule has 11 rings (SSSR count). The van der Waals surface area contributed by atoms with Crippen LogP contribution in [0.5, 0.6) is 0 Å². The Morgan fingerprint density at radius 2 is 1.02 bits per heavy atom. The van der Waals surface area contributed by atoms with Crippen LogP contribution >= 0.6 is 0 Å². The number of para-hydroxylation sites is 1.